The van der Waals surface area contributed by atoms with Crippen LogP contribution in [0.4, 0.5) is 11.5 Å². The molecule has 0 aliphatic rings. The van der Waals surface area contributed by atoms with Crippen molar-refractivity contribution in [2.45, 2.75) is 0 Å². The summed E-state index contributed by atoms with van der Waals surface area (Å²) in [5, 5.41) is 3.81. The van der Waals surface area contributed by atoms with Crippen LogP contribution < -0.4 is 5.32 Å². The molecule has 1 aromatic carbocycles. The minimum Gasteiger partial charge on any atom is -0.339 e. The van der Waals surface area contributed by atoms with Gasteiger partial charge in [-0.3, -0.25) is 0 Å². The Hall–Kier alpha value is -0.650. The van der Waals surface area contributed by atoms with Crippen molar-refractivity contribution in [1.29, 1.82) is 0 Å². The van der Waals surface area contributed by atoms with E-state index in [1.165, 1.54) is 6.33 Å². The van der Waals surface area contributed by atoms with Crippen molar-refractivity contribution in [3.8, 4) is 0 Å². The molecule has 1 N–H and O–H groups in total. The van der Waals surface area contributed by atoms with Gasteiger partial charge in [0, 0.05) is 15.6 Å². The maximum Gasteiger partial charge on any atom is 0.134 e. The van der Waals surface area contributed by atoms with Gasteiger partial charge < -0.3 is 5.32 Å². The monoisotopic (exact) mass is 361 g/mol. The van der Waals surface area contributed by atoms with Crippen molar-refractivity contribution >= 4 is 55.0 Å². The lowest BCUT2D eigenvalue weighted by Gasteiger charge is -2.07. The maximum absolute atomic E-state index is 5.91. The average molecular weight is 363 g/mol. The molecule has 0 saturated carbocycles. The van der Waals surface area contributed by atoms with E-state index in [2.05, 4.69) is 47.1 Å². The Morgan fingerprint density at radius 3 is 2.69 bits per heavy atom. The Morgan fingerprint density at radius 1 is 1.12 bits per heavy atom. The van der Waals surface area contributed by atoms with E-state index < -0.39 is 0 Å². The number of anilines is 2. The summed E-state index contributed by atoms with van der Waals surface area (Å²) < 4.78 is 1.65. The molecule has 0 fully saturated rings. The number of aromatic nitrogens is 2. The third-order valence-electron chi connectivity index (χ3n) is 1.82. The third kappa shape index (κ3) is 2.93. The van der Waals surface area contributed by atoms with Gasteiger partial charge in [0.25, 0.3) is 0 Å². The van der Waals surface area contributed by atoms with Crippen LogP contribution in [0.15, 0.2) is 39.7 Å². The van der Waals surface area contributed by atoms with Gasteiger partial charge in [0.05, 0.1) is 5.69 Å². The first-order valence-corrected chi connectivity index (χ1v) is 6.31. The summed E-state index contributed by atoms with van der Waals surface area (Å²) >= 11 is 12.6. The molecule has 16 heavy (non-hydrogen) atoms. The predicted octanol–water partition coefficient (Wildman–Crippen LogP) is 4.40. The molecule has 2 aromatic rings. The molecule has 0 saturated heterocycles. The quantitative estimate of drug-likeness (QED) is 0.804. The molecule has 82 valence electrons. The van der Waals surface area contributed by atoms with E-state index in [1.807, 2.05) is 18.2 Å². The minimum atomic E-state index is 0.666. The van der Waals surface area contributed by atoms with Gasteiger partial charge in [-0.05, 0) is 50.1 Å². The van der Waals surface area contributed by atoms with E-state index in [9.17, 15) is 0 Å². The second-order valence-corrected chi connectivity index (χ2v) is 5.08. The number of rotatable bonds is 2. The second-order valence-electron chi connectivity index (χ2n) is 2.98. The molecule has 0 aliphatic carbocycles. The van der Waals surface area contributed by atoms with E-state index in [0.717, 1.165) is 14.8 Å². The Labute approximate surface area is 115 Å². The zero-order valence-corrected chi connectivity index (χ0v) is 11.8. The first-order chi connectivity index (χ1) is 7.65. The number of benzene rings is 1. The summed E-state index contributed by atoms with van der Waals surface area (Å²) in [6.07, 6.45) is 1.48. The van der Waals surface area contributed by atoms with E-state index >= 15 is 0 Å². The molecular weight excluding hydrogens is 357 g/mol. The summed E-state index contributed by atoms with van der Waals surface area (Å²) in [7, 11) is 0. The van der Waals surface area contributed by atoms with Crippen LogP contribution in [-0.4, -0.2) is 9.97 Å². The van der Waals surface area contributed by atoms with E-state index in [0.29, 0.717) is 10.8 Å². The summed E-state index contributed by atoms with van der Waals surface area (Å²) in [6.45, 7) is 0. The second kappa shape index (κ2) is 5.12. The molecule has 6 heteroatoms. The highest BCUT2D eigenvalue weighted by Crippen LogP contribution is 2.28. The van der Waals surface area contributed by atoms with Gasteiger partial charge >= 0.3 is 0 Å². The Kier molecular flexibility index (Phi) is 3.78. The van der Waals surface area contributed by atoms with Crippen molar-refractivity contribution in [2.75, 3.05) is 5.32 Å². The van der Waals surface area contributed by atoms with Crippen LogP contribution in [0.5, 0.6) is 0 Å². The van der Waals surface area contributed by atoms with Gasteiger partial charge in [0.15, 0.2) is 0 Å². The van der Waals surface area contributed by atoms with Crippen molar-refractivity contribution < 1.29 is 0 Å². The molecule has 0 bridgehead atoms. The fraction of sp³-hybridized carbons (Fsp3) is 0. The standard InChI is InChI=1S/C10H6Br2ClN3/c11-7-2-1-6(13)3-8(7)16-10-4-9(12)14-5-15-10/h1-5H,(H,14,15,16). The van der Waals surface area contributed by atoms with Crippen LogP contribution in [0.3, 0.4) is 0 Å². The highest BCUT2D eigenvalue weighted by molar-refractivity contribution is 9.10. The van der Waals surface area contributed by atoms with Gasteiger partial charge in [-0.15, -0.1) is 0 Å². The number of hydrogen-bond donors (Lipinski definition) is 1. The average Bonchev–Trinajstić information content (AvgIpc) is 2.24. The normalized spacial score (nSPS) is 10.2. The molecule has 0 atom stereocenters. The minimum absolute atomic E-state index is 0.666. The highest BCUT2D eigenvalue weighted by Gasteiger charge is 2.02. The Balaban J connectivity index is 2.30. The van der Waals surface area contributed by atoms with E-state index in [-0.39, 0.29) is 0 Å². The van der Waals surface area contributed by atoms with Crippen LogP contribution in [0.1, 0.15) is 0 Å². The van der Waals surface area contributed by atoms with Gasteiger partial charge in [0.1, 0.15) is 16.7 Å². The molecular formula is C10H6Br2ClN3. The lowest BCUT2D eigenvalue weighted by Crippen LogP contribution is -1.95. The highest BCUT2D eigenvalue weighted by atomic mass is 79.9. The largest absolute Gasteiger partial charge is 0.339 e. The molecule has 0 amide bonds. The summed E-state index contributed by atoms with van der Waals surface area (Å²) in [5.74, 6) is 0.699. The fourth-order valence-corrected chi connectivity index (χ4v) is 1.96. The first kappa shape index (κ1) is 11.8. The lowest BCUT2D eigenvalue weighted by molar-refractivity contribution is 1.14. The number of halogens is 3. The fourth-order valence-electron chi connectivity index (χ4n) is 1.13. The van der Waals surface area contributed by atoms with E-state index in [4.69, 9.17) is 11.6 Å². The molecule has 0 spiro atoms. The number of nitrogens with one attached hydrogen (secondary N) is 1. The first-order valence-electron chi connectivity index (χ1n) is 4.35. The van der Waals surface area contributed by atoms with Crippen molar-refractivity contribution in [2.24, 2.45) is 0 Å². The Bertz CT molecular complexity index is 519. The third-order valence-corrected chi connectivity index (χ3v) is 3.19. The van der Waals surface area contributed by atoms with Gasteiger partial charge in [-0.25, -0.2) is 9.97 Å². The van der Waals surface area contributed by atoms with Crippen LogP contribution >= 0.6 is 43.5 Å². The van der Waals surface area contributed by atoms with Crippen LogP contribution in [-0.2, 0) is 0 Å². The lowest BCUT2D eigenvalue weighted by atomic mass is 10.3. The number of hydrogen-bond acceptors (Lipinski definition) is 3. The van der Waals surface area contributed by atoms with Gasteiger partial charge in [-0.2, -0.15) is 0 Å². The SMILES string of the molecule is Clc1ccc(Br)c(Nc2cc(Br)ncn2)c1. The predicted molar refractivity (Wildman–Crippen MR) is 72.2 cm³/mol. The zero-order chi connectivity index (χ0) is 11.5. The van der Waals surface area contributed by atoms with Crippen molar-refractivity contribution in [1.82, 2.24) is 9.97 Å². The smallest absolute Gasteiger partial charge is 0.134 e. The summed E-state index contributed by atoms with van der Waals surface area (Å²) in [6, 6.07) is 7.29. The molecule has 1 heterocycles. The molecule has 3 nitrogen and oxygen atoms in total. The molecule has 0 aliphatic heterocycles. The number of nitrogens with zero attached hydrogens (tertiary/aromatic N) is 2. The molecule has 0 radical (unpaired) electrons. The van der Waals surface area contributed by atoms with Gasteiger partial charge in [-0.1, -0.05) is 11.6 Å². The topological polar surface area (TPSA) is 37.8 Å². The van der Waals surface area contributed by atoms with Crippen LogP contribution in [0.25, 0.3) is 0 Å². The van der Waals surface area contributed by atoms with Crippen LogP contribution in [0.2, 0.25) is 5.02 Å². The van der Waals surface area contributed by atoms with Crippen molar-refractivity contribution in [3.05, 3.63) is 44.7 Å². The molecule has 0 unspecified atom stereocenters. The van der Waals surface area contributed by atoms with Crippen LogP contribution in [0, 0.1) is 0 Å². The zero-order valence-electron chi connectivity index (χ0n) is 7.92. The molecule has 2 rings (SSSR count). The summed E-state index contributed by atoms with van der Waals surface area (Å²) in [4.78, 5) is 8.04. The van der Waals surface area contributed by atoms with Gasteiger partial charge in [0.2, 0.25) is 0 Å². The van der Waals surface area contributed by atoms with Crippen molar-refractivity contribution in [3.63, 3.8) is 0 Å². The molecule has 1 aromatic heterocycles. The summed E-state index contributed by atoms with van der Waals surface area (Å²) in [5.41, 5.74) is 0.859. The van der Waals surface area contributed by atoms with E-state index in [1.54, 1.807) is 6.07 Å². The Morgan fingerprint density at radius 2 is 1.94 bits per heavy atom. The maximum atomic E-state index is 5.91.